The number of benzene rings is 6. The second-order valence-corrected chi connectivity index (χ2v) is 17.0. The van der Waals surface area contributed by atoms with E-state index in [1.165, 1.54) is 121 Å². The third-order valence-electron chi connectivity index (χ3n) is 14.8. The van der Waals surface area contributed by atoms with Gasteiger partial charge in [0.05, 0.1) is 0 Å². The van der Waals surface area contributed by atoms with Gasteiger partial charge in [0.2, 0.25) is 0 Å². The van der Waals surface area contributed by atoms with Crippen LogP contribution in [0.3, 0.4) is 0 Å². The molecule has 6 aromatic carbocycles. The highest BCUT2D eigenvalue weighted by atomic mass is 15.1. The summed E-state index contributed by atoms with van der Waals surface area (Å²) >= 11 is 0. The highest BCUT2D eigenvalue weighted by Gasteiger charge is 2.57. The Morgan fingerprint density at radius 1 is 0.500 bits per heavy atom. The van der Waals surface area contributed by atoms with Crippen molar-refractivity contribution in [1.82, 2.24) is 0 Å². The Labute approximate surface area is 309 Å². The fraction of sp³-hybridized carbons (Fsp3) is 0.333. The molecule has 0 N–H and O–H groups in total. The monoisotopic (exact) mass is 675 g/mol. The van der Waals surface area contributed by atoms with Crippen LogP contribution in [0.4, 0.5) is 17.1 Å². The second-order valence-electron chi connectivity index (χ2n) is 17.0. The molecule has 0 amide bonds. The van der Waals surface area contributed by atoms with Gasteiger partial charge in [0.25, 0.3) is 0 Å². The number of rotatable bonds is 4. The molecule has 0 heterocycles. The SMILES string of the molecule is CCC1CC2CCCC(C1)C21c2ccccc2-c2cc(N(c3ccc4c(c3)C3(CCCCC3)c3ccccc3-4)c3ccc4ccccc4c3)ccc21. The summed E-state index contributed by atoms with van der Waals surface area (Å²) in [4.78, 5) is 2.58. The maximum Gasteiger partial charge on any atom is 0.0468 e. The molecule has 5 aliphatic rings. The molecule has 0 aliphatic heterocycles. The molecule has 0 saturated heterocycles. The van der Waals surface area contributed by atoms with Gasteiger partial charge >= 0.3 is 0 Å². The molecule has 2 bridgehead atoms. The second kappa shape index (κ2) is 11.7. The third-order valence-corrected chi connectivity index (χ3v) is 14.8. The maximum absolute atomic E-state index is 2.59. The molecule has 2 atom stereocenters. The normalized spacial score (nSPS) is 24.8. The van der Waals surface area contributed by atoms with Crippen molar-refractivity contribution in [3.8, 4) is 22.3 Å². The van der Waals surface area contributed by atoms with Crippen LogP contribution < -0.4 is 4.90 Å². The first-order valence-corrected chi connectivity index (χ1v) is 20.5. The Balaban J connectivity index is 1.11. The predicted octanol–water partition coefficient (Wildman–Crippen LogP) is 14.0. The predicted molar refractivity (Wildman–Crippen MR) is 218 cm³/mol. The Kier molecular flexibility index (Phi) is 6.96. The number of anilines is 3. The number of hydrogen-bond acceptors (Lipinski definition) is 1. The molecule has 11 rings (SSSR count). The molecule has 0 radical (unpaired) electrons. The molecular weight excluding hydrogens is 627 g/mol. The van der Waals surface area contributed by atoms with Gasteiger partial charge < -0.3 is 4.90 Å². The zero-order valence-electron chi connectivity index (χ0n) is 30.6. The van der Waals surface area contributed by atoms with E-state index in [9.17, 15) is 0 Å². The Hall–Kier alpha value is -4.62. The molecule has 6 aromatic rings. The van der Waals surface area contributed by atoms with E-state index in [2.05, 4.69) is 139 Å². The van der Waals surface area contributed by atoms with Crippen LogP contribution in [-0.4, -0.2) is 0 Å². The van der Waals surface area contributed by atoms with Gasteiger partial charge in [0.15, 0.2) is 0 Å². The van der Waals surface area contributed by atoms with Crippen LogP contribution in [0.25, 0.3) is 33.0 Å². The zero-order chi connectivity index (χ0) is 34.4. The molecule has 3 saturated carbocycles. The molecular formula is C51H49N. The summed E-state index contributed by atoms with van der Waals surface area (Å²) < 4.78 is 0. The topological polar surface area (TPSA) is 3.24 Å². The lowest BCUT2D eigenvalue weighted by Crippen LogP contribution is -2.49. The quantitative estimate of drug-likeness (QED) is 0.180. The fourth-order valence-corrected chi connectivity index (χ4v) is 12.6. The van der Waals surface area contributed by atoms with Gasteiger partial charge in [-0.05, 0) is 148 Å². The van der Waals surface area contributed by atoms with Crippen LogP contribution in [0, 0.1) is 17.8 Å². The van der Waals surface area contributed by atoms with E-state index in [0.29, 0.717) is 0 Å². The van der Waals surface area contributed by atoms with Gasteiger partial charge in [0, 0.05) is 27.9 Å². The molecule has 2 unspecified atom stereocenters. The summed E-state index contributed by atoms with van der Waals surface area (Å²) in [6.07, 6.45) is 14.7. The first-order valence-electron chi connectivity index (χ1n) is 20.5. The van der Waals surface area contributed by atoms with E-state index >= 15 is 0 Å². The average molecular weight is 676 g/mol. The number of fused-ring (bicyclic) bond motifs is 9. The largest absolute Gasteiger partial charge is 0.310 e. The summed E-state index contributed by atoms with van der Waals surface area (Å²) in [5, 5.41) is 2.57. The Bertz CT molecular complexity index is 2340. The summed E-state index contributed by atoms with van der Waals surface area (Å²) in [7, 11) is 0. The average Bonchev–Trinajstić information content (AvgIpc) is 3.62. The lowest BCUT2D eigenvalue weighted by Gasteiger charge is -2.55. The molecule has 52 heavy (non-hydrogen) atoms. The van der Waals surface area contributed by atoms with E-state index < -0.39 is 0 Å². The first kappa shape index (κ1) is 31.0. The van der Waals surface area contributed by atoms with E-state index in [4.69, 9.17) is 0 Å². The van der Waals surface area contributed by atoms with Crippen molar-refractivity contribution in [1.29, 1.82) is 0 Å². The van der Waals surface area contributed by atoms with E-state index in [1.54, 1.807) is 22.3 Å². The van der Waals surface area contributed by atoms with E-state index in [-0.39, 0.29) is 10.8 Å². The zero-order valence-corrected chi connectivity index (χ0v) is 30.6. The van der Waals surface area contributed by atoms with Gasteiger partial charge in [-0.15, -0.1) is 0 Å². The van der Waals surface area contributed by atoms with Gasteiger partial charge in [0.1, 0.15) is 0 Å². The highest BCUT2D eigenvalue weighted by molar-refractivity contribution is 5.93. The fourth-order valence-electron chi connectivity index (χ4n) is 12.6. The Morgan fingerprint density at radius 3 is 1.88 bits per heavy atom. The van der Waals surface area contributed by atoms with Crippen LogP contribution in [0.2, 0.25) is 0 Å². The smallest absolute Gasteiger partial charge is 0.0468 e. The van der Waals surface area contributed by atoms with Crippen LogP contribution in [0.15, 0.2) is 127 Å². The summed E-state index contributed by atoms with van der Waals surface area (Å²) in [5.74, 6) is 2.35. The summed E-state index contributed by atoms with van der Waals surface area (Å²) in [5.41, 5.74) is 16.2. The van der Waals surface area contributed by atoms with E-state index in [0.717, 1.165) is 17.8 Å². The Morgan fingerprint density at radius 2 is 1.10 bits per heavy atom. The molecule has 1 nitrogen and oxygen atoms in total. The molecule has 258 valence electrons. The summed E-state index contributed by atoms with van der Waals surface area (Å²) in [6, 6.07) is 49.8. The van der Waals surface area contributed by atoms with Crippen LogP contribution >= 0.6 is 0 Å². The van der Waals surface area contributed by atoms with Gasteiger partial charge in [-0.2, -0.15) is 0 Å². The lowest BCUT2D eigenvalue weighted by atomic mass is 9.49. The van der Waals surface area contributed by atoms with Crippen molar-refractivity contribution in [3.05, 3.63) is 150 Å². The molecule has 1 heteroatoms. The van der Waals surface area contributed by atoms with Crippen LogP contribution in [0.1, 0.15) is 99.8 Å². The van der Waals surface area contributed by atoms with Gasteiger partial charge in [-0.3, -0.25) is 0 Å². The highest BCUT2D eigenvalue weighted by Crippen LogP contribution is 2.66. The van der Waals surface area contributed by atoms with Gasteiger partial charge in [-0.1, -0.05) is 130 Å². The summed E-state index contributed by atoms with van der Waals surface area (Å²) in [6.45, 7) is 2.43. The van der Waals surface area contributed by atoms with E-state index in [1.807, 2.05) is 0 Å². The molecule has 3 fully saturated rings. The van der Waals surface area contributed by atoms with Crippen LogP contribution in [-0.2, 0) is 10.8 Å². The maximum atomic E-state index is 2.59. The third kappa shape index (κ3) is 4.23. The molecule has 5 aliphatic carbocycles. The van der Waals surface area contributed by atoms with Crippen molar-refractivity contribution in [3.63, 3.8) is 0 Å². The molecule has 0 aromatic heterocycles. The standard InChI is InChI=1S/C51H49N/c1-2-34-29-37-15-12-16-38(30-34)51(37)47-20-9-7-18-43(47)45-32-40(24-26-48(45)51)52(39-22-21-35-13-4-5-14-36(35)31-39)41-23-25-44-42-17-6-8-19-46(42)50(49(44)33-41)27-10-3-11-28-50/h4-9,13-14,17-26,31-34,37-38H,2-3,10-12,15-16,27-30H2,1H3. The molecule has 2 spiro atoms. The number of hydrogen-bond donors (Lipinski definition) is 0. The van der Waals surface area contributed by atoms with Gasteiger partial charge in [-0.25, -0.2) is 0 Å². The minimum atomic E-state index is 0.119. The minimum Gasteiger partial charge on any atom is -0.310 e. The lowest BCUT2D eigenvalue weighted by molar-refractivity contribution is 0.0492. The van der Waals surface area contributed by atoms with Crippen molar-refractivity contribution >= 4 is 27.8 Å². The van der Waals surface area contributed by atoms with Crippen molar-refractivity contribution < 1.29 is 0 Å². The number of nitrogens with zero attached hydrogens (tertiary/aromatic N) is 1. The van der Waals surface area contributed by atoms with Crippen molar-refractivity contribution in [2.45, 2.75) is 88.4 Å². The van der Waals surface area contributed by atoms with Crippen LogP contribution in [0.5, 0.6) is 0 Å². The minimum absolute atomic E-state index is 0.119. The van der Waals surface area contributed by atoms with Crippen molar-refractivity contribution in [2.75, 3.05) is 4.90 Å². The first-order chi connectivity index (χ1) is 25.7. The van der Waals surface area contributed by atoms with Crippen molar-refractivity contribution in [2.24, 2.45) is 17.8 Å².